The van der Waals surface area contributed by atoms with Crippen molar-refractivity contribution in [1.29, 1.82) is 0 Å². The van der Waals surface area contributed by atoms with Gasteiger partial charge in [-0.25, -0.2) is 0 Å². The molecular weight excluding hydrogens is 228 g/mol. The van der Waals surface area contributed by atoms with Crippen molar-refractivity contribution in [3.05, 3.63) is 30.5 Å². The third-order valence-corrected chi connectivity index (χ3v) is 3.14. The van der Waals surface area contributed by atoms with Gasteiger partial charge in [0, 0.05) is 30.2 Å². The van der Waals surface area contributed by atoms with E-state index < -0.39 is 0 Å². The molecule has 1 atom stereocenters. The second-order valence-corrected chi connectivity index (χ2v) is 4.45. The van der Waals surface area contributed by atoms with Gasteiger partial charge in [0.05, 0.1) is 17.2 Å². The molecule has 18 heavy (non-hydrogen) atoms. The van der Waals surface area contributed by atoms with Gasteiger partial charge in [0.2, 0.25) is 5.91 Å². The number of aromatic nitrogens is 1. The molecule has 0 bridgehead atoms. The standard InChI is InChI=1S/C13H14N4O/c14-10-3-1-2-9-11(4-5-15-13(9)10)17-8-6-12(18)16-7-8/h1-5,8H,6-7,14H2,(H,15,17)(H,16,18). The third-order valence-electron chi connectivity index (χ3n) is 3.14. The van der Waals surface area contributed by atoms with E-state index in [2.05, 4.69) is 15.6 Å². The van der Waals surface area contributed by atoms with Crippen molar-refractivity contribution in [2.75, 3.05) is 17.6 Å². The van der Waals surface area contributed by atoms with Gasteiger partial charge < -0.3 is 16.4 Å². The summed E-state index contributed by atoms with van der Waals surface area (Å²) in [6.45, 7) is 0.658. The summed E-state index contributed by atoms with van der Waals surface area (Å²) in [7, 11) is 0. The molecule has 1 aliphatic heterocycles. The number of benzene rings is 1. The van der Waals surface area contributed by atoms with Gasteiger partial charge in [-0.05, 0) is 12.1 Å². The zero-order chi connectivity index (χ0) is 12.5. The van der Waals surface area contributed by atoms with Crippen molar-refractivity contribution in [2.24, 2.45) is 0 Å². The molecule has 0 radical (unpaired) electrons. The Hall–Kier alpha value is -2.30. The molecule has 0 aliphatic carbocycles. The Balaban J connectivity index is 1.97. The van der Waals surface area contributed by atoms with E-state index >= 15 is 0 Å². The normalized spacial score (nSPS) is 18.9. The average Bonchev–Trinajstić information content (AvgIpc) is 2.76. The van der Waals surface area contributed by atoms with Crippen LogP contribution in [0.1, 0.15) is 6.42 Å². The van der Waals surface area contributed by atoms with Gasteiger partial charge >= 0.3 is 0 Å². The van der Waals surface area contributed by atoms with E-state index in [1.165, 1.54) is 0 Å². The molecule has 1 aliphatic rings. The topological polar surface area (TPSA) is 80.0 Å². The summed E-state index contributed by atoms with van der Waals surface area (Å²) in [4.78, 5) is 15.5. The van der Waals surface area contributed by atoms with Crippen LogP contribution >= 0.6 is 0 Å². The third kappa shape index (κ3) is 1.84. The Bertz CT molecular complexity index is 611. The van der Waals surface area contributed by atoms with Crippen LogP contribution in [0.4, 0.5) is 11.4 Å². The summed E-state index contributed by atoms with van der Waals surface area (Å²) in [6, 6.07) is 7.75. The molecule has 4 N–H and O–H groups in total. The number of carbonyl (C=O) groups is 1. The smallest absolute Gasteiger partial charge is 0.222 e. The van der Waals surface area contributed by atoms with Crippen LogP contribution in [0.15, 0.2) is 30.5 Å². The van der Waals surface area contributed by atoms with Crippen LogP contribution < -0.4 is 16.4 Å². The van der Waals surface area contributed by atoms with E-state index in [9.17, 15) is 4.79 Å². The van der Waals surface area contributed by atoms with Gasteiger partial charge in [-0.2, -0.15) is 0 Å². The number of anilines is 2. The molecule has 3 rings (SSSR count). The van der Waals surface area contributed by atoms with Gasteiger partial charge in [0.25, 0.3) is 0 Å². The Kier molecular flexibility index (Phi) is 2.51. The second kappa shape index (κ2) is 4.18. The van der Waals surface area contributed by atoms with E-state index in [0.29, 0.717) is 18.7 Å². The Morgan fingerprint density at radius 2 is 2.28 bits per heavy atom. The predicted molar refractivity (Wildman–Crippen MR) is 71.2 cm³/mol. The zero-order valence-electron chi connectivity index (χ0n) is 9.81. The number of fused-ring (bicyclic) bond motifs is 1. The van der Waals surface area contributed by atoms with Crippen LogP contribution in [-0.2, 0) is 4.79 Å². The van der Waals surface area contributed by atoms with Gasteiger partial charge in [-0.3, -0.25) is 9.78 Å². The number of rotatable bonds is 2. The fourth-order valence-corrected chi connectivity index (χ4v) is 2.25. The molecule has 1 aromatic heterocycles. The van der Waals surface area contributed by atoms with Crippen molar-refractivity contribution in [1.82, 2.24) is 10.3 Å². The molecule has 1 fully saturated rings. The van der Waals surface area contributed by atoms with Crippen LogP contribution in [0.25, 0.3) is 10.9 Å². The van der Waals surface area contributed by atoms with Crippen LogP contribution in [0.5, 0.6) is 0 Å². The number of pyridine rings is 1. The highest BCUT2D eigenvalue weighted by atomic mass is 16.1. The molecule has 1 unspecified atom stereocenters. The highest BCUT2D eigenvalue weighted by Crippen LogP contribution is 2.26. The van der Waals surface area contributed by atoms with Crippen molar-refractivity contribution >= 4 is 28.2 Å². The summed E-state index contributed by atoms with van der Waals surface area (Å²) < 4.78 is 0. The van der Waals surface area contributed by atoms with Gasteiger partial charge in [0.15, 0.2) is 0 Å². The summed E-state index contributed by atoms with van der Waals surface area (Å²) in [5.41, 5.74) is 8.32. The molecule has 1 aromatic carbocycles. The second-order valence-electron chi connectivity index (χ2n) is 4.45. The molecule has 2 heterocycles. The number of hydrogen-bond acceptors (Lipinski definition) is 4. The highest BCUT2D eigenvalue weighted by molar-refractivity contribution is 5.97. The summed E-state index contributed by atoms with van der Waals surface area (Å²) in [5.74, 6) is 0.0883. The summed E-state index contributed by atoms with van der Waals surface area (Å²) >= 11 is 0. The van der Waals surface area contributed by atoms with Crippen LogP contribution in [-0.4, -0.2) is 23.5 Å². The fourth-order valence-electron chi connectivity index (χ4n) is 2.25. The van der Waals surface area contributed by atoms with Crippen LogP contribution in [0, 0.1) is 0 Å². The van der Waals surface area contributed by atoms with Crippen LogP contribution in [0.3, 0.4) is 0 Å². The summed E-state index contributed by atoms with van der Waals surface area (Å²) in [6.07, 6.45) is 2.23. The number of para-hydroxylation sites is 1. The predicted octanol–water partition coefficient (Wildman–Crippen LogP) is 1.12. The lowest BCUT2D eigenvalue weighted by Crippen LogP contribution is -2.22. The first-order valence-corrected chi connectivity index (χ1v) is 5.90. The molecular formula is C13H14N4O. The van der Waals surface area contributed by atoms with Crippen molar-refractivity contribution in [3.63, 3.8) is 0 Å². The number of nitrogens with one attached hydrogen (secondary N) is 2. The number of hydrogen-bond donors (Lipinski definition) is 3. The first-order chi connectivity index (χ1) is 8.74. The minimum Gasteiger partial charge on any atom is -0.397 e. The van der Waals surface area contributed by atoms with Gasteiger partial charge in [-0.1, -0.05) is 12.1 Å². The van der Waals surface area contributed by atoms with Crippen LogP contribution in [0.2, 0.25) is 0 Å². The zero-order valence-corrected chi connectivity index (χ0v) is 9.81. The van der Waals surface area contributed by atoms with E-state index in [-0.39, 0.29) is 11.9 Å². The lowest BCUT2D eigenvalue weighted by molar-refractivity contribution is -0.119. The fraction of sp³-hybridized carbons (Fsp3) is 0.231. The lowest BCUT2D eigenvalue weighted by atomic mass is 10.1. The number of carbonyl (C=O) groups excluding carboxylic acids is 1. The van der Waals surface area contributed by atoms with E-state index in [0.717, 1.165) is 16.6 Å². The first kappa shape index (κ1) is 10.8. The Morgan fingerprint density at radius 3 is 3.06 bits per heavy atom. The minimum atomic E-state index is 0.0883. The SMILES string of the molecule is Nc1cccc2c(NC3CNC(=O)C3)ccnc12. The quantitative estimate of drug-likeness (QED) is 0.689. The monoisotopic (exact) mass is 242 g/mol. The molecule has 92 valence electrons. The summed E-state index contributed by atoms with van der Waals surface area (Å²) in [5, 5.41) is 7.15. The van der Waals surface area contributed by atoms with Gasteiger partial charge in [-0.15, -0.1) is 0 Å². The number of nitrogens with zero attached hydrogens (tertiary/aromatic N) is 1. The maximum Gasteiger partial charge on any atom is 0.222 e. The molecule has 5 heteroatoms. The molecule has 0 saturated carbocycles. The van der Waals surface area contributed by atoms with E-state index in [1.807, 2.05) is 24.3 Å². The Labute approximate surface area is 104 Å². The first-order valence-electron chi connectivity index (χ1n) is 5.90. The maximum absolute atomic E-state index is 11.2. The molecule has 1 saturated heterocycles. The molecule has 2 aromatic rings. The average molecular weight is 242 g/mol. The van der Waals surface area contributed by atoms with Crippen molar-refractivity contribution < 1.29 is 4.79 Å². The van der Waals surface area contributed by atoms with Crippen molar-refractivity contribution in [2.45, 2.75) is 12.5 Å². The Morgan fingerprint density at radius 1 is 1.39 bits per heavy atom. The number of amides is 1. The number of nitrogen functional groups attached to an aromatic ring is 1. The molecule has 0 spiro atoms. The maximum atomic E-state index is 11.2. The van der Waals surface area contributed by atoms with E-state index in [1.54, 1.807) is 6.20 Å². The van der Waals surface area contributed by atoms with Crippen molar-refractivity contribution in [3.8, 4) is 0 Å². The number of nitrogens with two attached hydrogens (primary N) is 1. The minimum absolute atomic E-state index is 0.0883. The van der Waals surface area contributed by atoms with Gasteiger partial charge in [0.1, 0.15) is 0 Å². The molecule has 1 amide bonds. The lowest BCUT2D eigenvalue weighted by Gasteiger charge is -2.14. The largest absolute Gasteiger partial charge is 0.397 e. The molecule has 5 nitrogen and oxygen atoms in total. The highest BCUT2D eigenvalue weighted by Gasteiger charge is 2.21. The van der Waals surface area contributed by atoms with E-state index in [4.69, 9.17) is 5.73 Å².